The highest BCUT2D eigenvalue weighted by Gasteiger charge is 2.12. The number of halogens is 1. The fourth-order valence-corrected chi connectivity index (χ4v) is 2.69. The zero-order valence-corrected chi connectivity index (χ0v) is 17.1. The number of carbonyl (C=O) groups is 2. The number of methoxy groups -OCH3 is 1. The van der Waals surface area contributed by atoms with Crippen LogP contribution in [0.25, 0.3) is 0 Å². The van der Waals surface area contributed by atoms with Gasteiger partial charge in [0.2, 0.25) is 5.91 Å². The first-order chi connectivity index (χ1) is 13.3. The molecule has 0 saturated heterocycles. The molecule has 0 aromatic heterocycles. The summed E-state index contributed by atoms with van der Waals surface area (Å²) in [6, 6.07) is 8.79. The fraction of sp³-hybridized carbons (Fsp3) is 0.300. The first-order valence-electron chi connectivity index (χ1n) is 8.77. The summed E-state index contributed by atoms with van der Waals surface area (Å²) < 4.78 is 10.2. The number of hydrogen-bond acceptors (Lipinski definition) is 5. The van der Waals surface area contributed by atoms with Gasteiger partial charge in [0.25, 0.3) is 0 Å². The molecule has 2 amide bonds. The van der Waals surface area contributed by atoms with E-state index in [0.29, 0.717) is 22.1 Å². The highest BCUT2D eigenvalue weighted by Crippen LogP contribution is 2.31. The van der Waals surface area contributed by atoms with Gasteiger partial charge in [-0.2, -0.15) is 0 Å². The molecule has 0 unspecified atom stereocenters. The van der Waals surface area contributed by atoms with Gasteiger partial charge in [-0.15, -0.1) is 0 Å². The summed E-state index contributed by atoms with van der Waals surface area (Å²) in [5.41, 5.74) is 3.51. The van der Waals surface area contributed by atoms with Crippen molar-refractivity contribution in [2.45, 2.75) is 20.8 Å². The van der Waals surface area contributed by atoms with Gasteiger partial charge in [-0.25, -0.2) is 4.79 Å². The number of aryl methyl sites for hydroxylation is 1. The van der Waals surface area contributed by atoms with Crippen molar-refractivity contribution in [1.29, 1.82) is 0 Å². The second-order valence-electron chi connectivity index (χ2n) is 6.03. The number of nitrogens with one attached hydrogen (secondary N) is 3. The Morgan fingerprint density at radius 1 is 1.07 bits per heavy atom. The Kier molecular flexibility index (Phi) is 7.52. The molecule has 0 radical (unpaired) electrons. The number of amides is 2. The first-order valence-corrected chi connectivity index (χ1v) is 9.14. The maximum Gasteiger partial charge on any atom is 0.411 e. The van der Waals surface area contributed by atoms with Crippen LogP contribution >= 0.6 is 11.6 Å². The second-order valence-corrected chi connectivity index (χ2v) is 6.43. The van der Waals surface area contributed by atoms with E-state index in [4.69, 9.17) is 21.1 Å². The van der Waals surface area contributed by atoms with E-state index >= 15 is 0 Å². The molecule has 150 valence electrons. The van der Waals surface area contributed by atoms with Crippen molar-refractivity contribution >= 4 is 40.7 Å². The SMILES string of the molecule is CCOC(=O)Nc1cccc(NCC(=O)Nc2cc(C)c(Cl)cc2OC)c1C. The molecule has 0 heterocycles. The lowest BCUT2D eigenvalue weighted by molar-refractivity contribution is -0.114. The molecule has 2 aromatic carbocycles. The van der Waals surface area contributed by atoms with Gasteiger partial charge < -0.3 is 20.1 Å². The molecular formula is C20H24ClN3O4. The Hall–Kier alpha value is -2.93. The molecule has 0 aliphatic heterocycles. The highest BCUT2D eigenvalue weighted by molar-refractivity contribution is 6.31. The molecule has 8 heteroatoms. The third kappa shape index (κ3) is 5.53. The Bertz CT molecular complexity index is 871. The fourth-order valence-electron chi connectivity index (χ4n) is 2.54. The van der Waals surface area contributed by atoms with E-state index in [9.17, 15) is 9.59 Å². The third-order valence-electron chi connectivity index (χ3n) is 4.04. The van der Waals surface area contributed by atoms with Crippen LogP contribution in [0.1, 0.15) is 18.1 Å². The number of anilines is 3. The Balaban J connectivity index is 2.03. The Morgan fingerprint density at radius 3 is 2.46 bits per heavy atom. The average Bonchev–Trinajstić information content (AvgIpc) is 2.65. The molecule has 0 fully saturated rings. The van der Waals surface area contributed by atoms with Gasteiger partial charge in [0.05, 0.1) is 25.9 Å². The summed E-state index contributed by atoms with van der Waals surface area (Å²) in [5.74, 6) is 0.240. The van der Waals surface area contributed by atoms with Gasteiger partial charge in [-0.1, -0.05) is 17.7 Å². The van der Waals surface area contributed by atoms with E-state index in [2.05, 4.69) is 16.0 Å². The van der Waals surface area contributed by atoms with Gasteiger partial charge >= 0.3 is 6.09 Å². The first kappa shape index (κ1) is 21.4. The minimum Gasteiger partial charge on any atom is -0.495 e. The summed E-state index contributed by atoms with van der Waals surface area (Å²) in [6.45, 7) is 5.75. The molecule has 3 N–H and O–H groups in total. The van der Waals surface area contributed by atoms with Crippen LogP contribution in [0.2, 0.25) is 5.02 Å². The molecule has 28 heavy (non-hydrogen) atoms. The summed E-state index contributed by atoms with van der Waals surface area (Å²) >= 11 is 6.09. The van der Waals surface area contributed by atoms with Gasteiger partial charge in [0.1, 0.15) is 5.75 Å². The van der Waals surface area contributed by atoms with Crippen LogP contribution in [0.15, 0.2) is 30.3 Å². The van der Waals surface area contributed by atoms with Crippen LogP contribution < -0.4 is 20.7 Å². The van der Waals surface area contributed by atoms with Crippen LogP contribution in [0, 0.1) is 13.8 Å². The lowest BCUT2D eigenvalue weighted by Crippen LogP contribution is -2.22. The van der Waals surface area contributed by atoms with E-state index in [-0.39, 0.29) is 19.1 Å². The van der Waals surface area contributed by atoms with E-state index in [1.54, 1.807) is 31.2 Å². The molecule has 0 spiro atoms. The number of ether oxygens (including phenoxy) is 2. The summed E-state index contributed by atoms with van der Waals surface area (Å²) in [4.78, 5) is 24.0. The van der Waals surface area contributed by atoms with E-state index in [1.807, 2.05) is 19.9 Å². The predicted octanol–water partition coefficient (Wildman–Crippen LogP) is 4.58. The zero-order valence-electron chi connectivity index (χ0n) is 16.3. The third-order valence-corrected chi connectivity index (χ3v) is 4.45. The largest absolute Gasteiger partial charge is 0.495 e. The van der Waals surface area contributed by atoms with Crippen LogP contribution in [-0.2, 0) is 9.53 Å². The van der Waals surface area contributed by atoms with Gasteiger partial charge in [0.15, 0.2) is 0 Å². The molecule has 2 rings (SSSR count). The maximum atomic E-state index is 12.4. The van der Waals surface area contributed by atoms with Gasteiger partial charge in [-0.3, -0.25) is 10.1 Å². The average molecular weight is 406 g/mol. The molecule has 0 atom stereocenters. The van der Waals surface area contributed by atoms with E-state index in [0.717, 1.165) is 16.8 Å². The minimum absolute atomic E-state index is 0.0362. The number of carbonyl (C=O) groups excluding carboxylic acids is 2. The van der Waals surface area contributed by atoms with E-state index < -0.39 is 6.09 Å². The van der Waals surface area contributed by atoms with Crippen molar-refractivity contribution in [2.24, 2.45) is 0 Å². The molecular weight excluding hydrogens is 382 g/mol. The summed E-state index contributed by atoms with van der Waals surface area (Å²) in [5, 5.41) is 9.12. The van der Waals surface area contributed by atoms with Crippen molar-refractivity contribution < 1.29 is 19.1 Å². The van der Waals surface area contributed by atoms with Crippen LogP contribution in [0.4, 0.5) is 21.9 Å². The lowest BCUT2D eigenvalue weighted by atomic mass is 10.1. The predicted molar refractivity (Wildman–Crippen MR) is 112 cm³/mol. The Labute approximate surface area is 169 Å². The van der Waals surface area contributed by atoms with Crippen molar-refractivity contribution in [3.8, 4) is 5.75 Å². The van der Waals surface area contributed by atoms with Crippen LogP contribution in [0.3, 0.4) is 0 Å². The van der Waals surface area contributed by atoms with Gasteiger partial charge in [0, 0.05) is 22.5 Å². The monoisotopic (exact) mass is 405 g/mol. The standard InChI is InChI=1S/C20H24ClN3O4/c1-5-28-20(26)24-16-8-6-7-15(13(16)3)22-11-19(25)23-17-9-12(2)14(21)10-18(17)27-4/h6-10,22H,5,11H2,1-4H3,(H,23,25)(H,24,26). The number of hydrogen-bond donors (Lipinski definition) is 3. The lowest BCUT2D eigenvalue weighted by Gasteiger charge is -2.15. The van der Waals surface area contributed by atoms with Crippen LogP contribution in [-0.4, -0.2) is 32.3 Å². The second kappa shape index (κ2) is 9.85. The molecule has 0 aliphatic rings. The van der Waals surface area contributed by atoms with Crippen LogP contribution in [0.5, 0.6) is 5.75 Å². The highest BCUT2D eigenvalue weighted by atomic mass is 35.5. The van der Waals surface area contributed by atoms with Crippen molar-refractivity contribution in [3.63, 3.8) is 0 Å². The molecule has 0 bridgehead atoms. The summed E-state index contributed by atoms with van der Waals surface area (Å²) in [6.07, 6.45) is -0.523. The molecule has 0 aliphatic carbocycles. The van der Waals surface area contributed by atoms with Crippen molar-refractivity contribution in [3.05, 3.63) is 46.5 Å². The van der Waals surface area contributed by atoms with Crippen molar-refractivity contribution in [1.82, 2.24) is 0 Å². The number of rotatable bonds is 7. The quantitative estimate of drug-likeness (QED) is 0.627. The Morgan fingerprint density at radius 2 is 1.79 bits per heavy atom. The maximum absolute atomic E-state index is 12.4. The zero-order chi connectivity index (χ0) is 20.7. The molecule has 0 saturated carbocycles. The molecule has 2 aromatic rings. The number of benzene rings is 2. The normalized spacial score (nSPS) is 10.2. The smallest absolute Gasteiger partial charge is 0.411 e. The van der Waals surface area contributed by atoms with E-state index in [1.165, 1.54) is 7.11 Å². The summed E-state index contributed by atoms with van der Waals surface area (Å²) in [7, 11) is 1.51. The van der Waals surface area contributed by atoms with Gasteiger partial charge in [-0.05, 0) is 50.1 Å². The topological polar surface area (TPSA) is 88.7 Å². The minimum atomic E-state index is -0.523. The van der Waals surface area contributed by atoms with Crippen molar-refractivity contribution in [2.75, 3.05) is 36.2 Å². The molecule has 7 nitrogen and oxygen atoms in total.